The van der Waals surface area contributed by atoms with Crippen molar-refractivity contribution in [3.63, 3.8) is 0 Å². The zero-order valence-corrected chi connectivity index (χ0v) is 18.6. The molecule has 0 spiro atoms. The number of carbonyl (C=O) groups is 1. The maximum absolute atomic E-state index is 12.9. The molecule has 1 aliphatic heterocycles. The third-order valence-corrected chi connectivity index (χ3v) is 7.86. The van der Waals surface area contributed by atoms with Gasteiger partial charge in [-0.3, -0.25) is 4.79 Å². The fraction of sp³-hybridized carbons (Fsp3) is 0.316. The second-order valence-electron chi connectivity index (χ2n) is 6.29. The summed E-state index contributed by atoms with van der Waals surface area (Å²) in [4.78, 5) is 13.4. The fourth-order valence-electron chi connectivity index (χ4n) is 2.95. The zero-order valence-electron chi connectivity index (χ0n) is 15.4. The van der Waals surface area contributed by atoms with Crippen molar-refractivity contribution in [2.75, 3.05) is 25.5 Å². The summed E-state index contributed by atoms with van der Waals surface area (Å²) in [6.45, 7) is 1.05. The van der Waals surface area contributed by atoms with Crippen LogP contribution in [0.25, 0.3) is 6.08 Å². The largest absolute Gasteiger partial charge is 0.495 e. The number of ether oxygens (including phenoxy) is 1. The number of amides is 1. The van der Waals surface area contributed by atoms with Crippen molar-refractivity contribution in [1.29, 1.82) is 0 Å². The van der Waals surface area contributed by atoms with E-state index in [9.17, 15) is 13.2 Å². The van der Waals surface area contributed by atoms with Crippen LogP contribution in [0, 0.1) is 0 Å². The number of benzene rings is 1. The highest BCUT2D eigenvalue weighted by Gasteiger charge is 2.26. The number of thiophene rings is 1. The number of piperidine rings is 1. The summed E-state index contributed by atoms with van der Waals surface area (Å²) in [6, 6.07) is 8.32. The van der Waals surface area contributed by atoms with E-state index in [0.717, 1.165) is 27.9 Å². The Bertz CT molecular complexity index is 980. The van der Waals surface area contributed by atoms with Crippen molar-refractivity contribution in [2.45, 2.75) is 24.2 Å². The van der Waals surface area contributed by atoms with Crippen LogP contribution < -0.4 is 10.1 Å². The lowest BCUT2D eigenvalue weighted by molar-refractivity contribution is -0.111. The van der Waals surface area contributed by atoms with Gasteiger partial charge in [-0.2, -0.15) is 4.31 Å². The van der Waals surface area contributed by atoms with E-state index in [4.69, 9.17) is 4.74 Å². The van der Waals surface area contributed by atoms with E-state index >= 15 is 0 Å². The molecule has 9 heteroatoms. The minimum atomic E-state index is -3.59. The van der Waals surface area contributed by atoms with Gasteiger partial charge in [0.15, 0.2) is 0 Å². The lowest BCUT2D eigenvalue weighted by Crippen LogP contribution is -2.35. The highest BCUT2D eigenvalue weighted by molar-refractivity contribution is 9.11. The molecule has 1 aliphatic rings. The fourth-order valence-corrected chi connectivity index (χ4v) is 5.82. The molecule has 1 aromatic carbocycles. The minimum absolute atomic E-state index is 0.150. The van der Waals surface area contributed by atoms with E-state index in [-0.39, 0.29) is 10.8 Å². The Morgan fingerprint density at radius 2 is 1.96 bits per heavy atom. The van der Waals surface area contributed by atoms with Crippen LogP contribution in [0.15, 0.2) is 45.1 Å². The second kappa shape index (κ2) is 9.21. The summed E-state index contributed by atoms with van der Waals surface area (Å²) in [5.41, 5.74) is 0.322. The predicted octanol–water partition coefficient (Wildman–Crippen LogP) is 4.35. The zero-order chi connectivity index (χ0) is 20.1. The third-order valence-electron chi connectivity index (χ3n) is 4.37. The van der Waals surface area contributed by atoms with Crippen LogP contribution in [0.2, 0.25) is 0 Å². The lowest BCUT2D eigenvalue weighted by Gasteiger charge is -2.26. The molecule has 28 heavy (non-hydrogen) atoms. The molecule has 1 amide bonds. The van der Waals surface area contributed by atoms with E-state index in [1.165, 1.54) is 41.0 Å². The standard InChI is InChI=1S/C19H21BrN2O4S2/c1-26-17-8-7-15(28(24,25)22-11-3-2-4-12-22)13-16(17)21-19(23)10-6-14-5-9-18(20)27-14/h5-10,13H,2-4,11-12H2,1H3,(H,21,23). The number of carbonyl (C=O) groups excluding carboxylic acids is 1. The summed E-state index contributed by atoms with van der Waals surface area (Å²) in [5.74, 6) is 0.0357. The monoisotopic (exact) mass is 484 g/mol. The van der Waals surface area contributed by atoms with Gasteiger partial charge in [0.25, 0.3) is 0 Å². The van der Waals surface area contributed by atoms with E-state index < -0.39 is 10.0 Å². The second-order valence-corrected chi connectivity index (χ2v) is 10.7. The average Bonchev–Trinajstić information content (AvgIpc) is 3.12. The first-order valence-corrected chi connectivity index (χ1v) is 11.9. The van der Waals surface area contributed by atoms with Crippen LogP contribution in [-0.4, -0.2) is 38.8 Å². The molecule has 2 heterocycles. The number of anilines is 1. The summed E-state index contributed by atoms with van der Waals surface area (Å²) in [5, 5.41) is 2.71. The first-order valence-electron chi connectivity index (χ1n) is 8.83. The van der Waals surface area contributed by atoms with E-state index in [0.29, 0.717) is 24.5 Å². The number of halogens is 1. The van der Waals surface area contributed by atoms with Gasteiger partial charge in [-0.25, -0.2) is 8.42 Å². The van der Waals surface area contributed by atoms with E-state index in [1.807, 2.05) is 12.1 Å². The molecular weight excluding hydrogens is 464 g/mol. The Morgan fingerprint density at radius 3 is 2.61 bits per heavy atom. The summed E-state index contributed by atoms with van der Waals surface area (Å²) < 4.78 is 33.5. The number of sulfonamides is 1. The van der Waals surface area contributed by atoms with Gasteiger partial charge in [0.2, 0.25) is 15.9 Å². The van der Waals surface area contributed by atoms with E-state index in [1.54, 1.807) is 12.1 Å². The first kappa shape index (κ1) is 21.0. The maximum Gasteiger partial charge on any atom is 0.248 e. The van der Waals surface area contributed by atoms with Gasteiger partial charge in [-0.15, -0.1) is 11.3 Å². The van der Waals surface area contributed by atoms with Crippen molar-refractivity contribution in [2.24, 2.45) is 0 Å². The number of methoxy groups -OCH3 is 1. The number of hydrogen-bond donors (Lipinski definition) is 1. The van der Waals surface area contributed by atoms with Gasteiger partial charge in [-0.05, 0) is 65.2 Å². The Hall–Kier alpha value is -1.68. The highest BCUT2D eigenvalue weighted by atomic mass is 79.9. The Balaban J connectivity index is 1.80. The molecule has 2 aromatic rings. The Labute approximate surface area is 177 Å². The van der Waals surface area contributed by atoms with Crippen molar-refractivity contribution in [3.05, 3.63) is 45.1 Å². The molecule has 0 unspecified atom stereocenters. The molecule has 0 atom stereocenters. The number of rotatable bonds is 6. The molecular formula is C19H21BrN2O4S2. The SMILES string of the molecule is COc1ccc(S(=O)(=O)N2CCCCC2)cc1NC(=O)C=Cc1ccc(Br)s1. The Kier molecular flexibility index (Phi) is 6.92. The average molecular weight is 485 g/mol. The smallest absolute Gasteiger partial charge is 0.248 e. The topological polar surface area (TPSA) is 75.7 Å². The lowest BCUT2D eigenvalue weighted by atomic mass is 10.2. The van der Waals surface area contributed by atoms with Crippen molar-refractivity contribution >= 4 is 55.0 Å². The van der Waals surface area contributed by atoms with Gasteiger partial charge < -0.3 is 10.1 Å². The molecule has 1 aromatic heterocycles. The van der Waals surface area contributed by atoms with E-state index in [2.05, 4.69) is 21.2 Å². The number of hydrogen-bond acceptors (Lipinski definition) is 5. The highest BCUT2D eigenvalue weighted by Crippen LogP contribution is 2.30. The molecule has 3 rings (SSSR count). The first-order chi connectivity index (χ1) is 13.4. The number of nitrogens with one attached hydrogen (secondary N) is 1. The Morgan fingerprint density at radius 1 is 1.21 bits per heavy atom. The normalized spacial score (nSPS) is 15.6. The van der Waals surface area contributed by atoms with Crippen LogP contribution >= 0.6 is 27.3 Å². The predicted molar refractivity (Wildman–Crippen MR) is 115 cm³/mol. The van der Waals surface area contributed by atoms with Crippen LogP contribution in [-0.2, 0) is 14.8 Å². The molecule has 0 aliphatic carbocycles. The van der Waals surface area contributed by atoms with Gasteiger partial charge in [0.1, 0.15) is 5.75 Å². The molecule has 1 saturated heterocycles. The van der Waals surface area contributed by atoms with Gasteiger partial charge >= 0.3 is 0 Å². The summed E-state index contributed by atoms with van der Waals surface area (Å²) in [7, 11) is -2.12. The molecule has 1 fully saturated rings. The van der Waals surface area contributed by atoms with Crippen molar-refractivity contribution in [1.82, 2.24) is 4.31 Å². The summed E-state index contributed by atoms with van der Waals surface area (Å²) >= 11 is 4.88. The quantitative estimate of drug-likeness (QED) is 0.618. The van der Waals surface area contributed by atoms with Gasteiger partial charge in [-0.1, -0.05) is 6.42 Å². The number of nitrogens with zero attached hydrogens (tertiary/aromatic N) is 1. The molecule has 6 nitrogen and oxygen atoms in total. The van der Waals surface area contributed by atoms with Crippen molar-refractivity contribution < 1.29 is 17.9 Å². The molecule has 0 saturated carbocycles. The molecule has 1 N–H and O–H groups in total. The van der Waals surface area contributed by atoms with Crippen LogP contribution in [0.3, 0.4) is 0 Å². The van der Waals surface area contributed by atoms with Crippen molar-refractivity contribution in [3.8, 4) is 5.75 Å². The maximum atomic E-state index is 12.9. The van der Waals surface area contributed by atoms with Gasteiger partial charge in [0, 0.05) is 24.0 Å². The third kappa shape index (κ3) is 5.02. The van der Waals surface area contributed by atoms with Crippen LogP contribution in [0.1, 0.15) is 24.1 Å². The van der Waals surface area contributed by atoms with Crippen LogP contribution in [0.4, 0.5) is 5.69 Å². The van der Waals surface area contributed by atoms with Crippen LogP contribution in [0.5, 0.6) is 5.75 Å². The molecule has 0 bridgehead atoms. The molecule has 150 valence electrons. The molecule has 0 radical (unpaired) electrons. The van der Waals surface area contributed by atoms with Gasteiger partial charge in [0.05, 0.1) is 21.5 Å². The summed E-state index contributed by atoms with van der Waals surface area (Å²) in [6.07, 6.45) is 5.88. The minimum Gasteiger partial charge on any atom is -0.495 e.